The number of phosphoric ester groups is 1. The average molecular weight is 694 g/mol. The van der Waals surface area contributed by atoms with Gasteiger partial charge in [-0.05, 0) is 30.3 Å². The Kier molecular flexibility index (Phi) is 12.3. The van der Waals surface area contributed by atoms with Gasteiger partial charge in [0.25, 0.3) is 0 Å². The lowest BCUT2D eigenvalue weighted by molar-refractivity contribution is -0.0541. The zero-order valence-corrected chi connectivity index (χ0v) is 25.4. The SMILES string of the molecule is NC(=Nc1ccccc1)Nc1ccccc1.Nc1ccn([C@@H]2O[C@H](COP(=O)(O)OP(=O)(O)OP(=O)(O)O)[C@@H](O)[C@H]2O)c(=O)n1. The van der Waals surface area contributed by atoms with Crippen LogP contribution in [0.4, 0.5) is 17.2 Å². The molecular formula is C22H29N6O14P3. The summed E-state index contributed by atoms with van der Waals surface area (Å²) >= 11 is 0. The first-order valence-corrected chi connectivity index (χ1v) is 16.8. The highest BCUT2D eigenvalue weighted by Gasteiger charge is 2.46. The number of nitrogen functional groups attached to an aromatic ring is 1. The number of aliphatic imine (C=N–C) groups is 1. The first kappa shape index (κ1) is 36.2. The van der Waals surface area contributed by atoms with Crippen molar-refractivity contribution in [3.05, 3.63) is 83.4 Å². The predicted octanol–water partition coefficient (Wildman–Crippen LogP) is 0.533. The van der Waals surface area contributed by atoms with E-state index in [0.717, 1.165) is 22.1 Å². The van der Waals surface area contributed by atoms with Crippen molar-refractivity contribution < 1.29 is 61.4 Å². The molecule has 2 unspecified atom stereocenters. The lowest BCUT2D eigenvalue weighted by Gasteiger charge is -2.19. The van der Waals surface area contributed by atoms with Crippen LogP contribution in [0.1, 0.15) is 6.23 Å². The minimum absolute atomic E-state index is 0.122. The maximum absolute atomic E-state index is 11.8. The lowest BCUT2D eigenvalue weighted by atomic mass is 10.1. The van der Waals surface area contributed by atoms with Crippen molar-refractivity contribution in [1.29, 1.82) is 0 Å². The number of nitrogens with zero attached hydrogens (tertiary/aromatic N) is 3. The second-order valence-electron chi connectivity index (χ2n) is 8.80. The fraction of sp³-hybridized carbons (Fsp3) is 0.227. The van der Waals surface area contributed by atoms with Crippen molar-refractivity contribution in [2.75, 3.05) is 17.7 Å². The molecule has 45 heavy (non-hydrogen) atoms. The van der Waals surface area contributed by atoms with Crippen molar-refractivity contribution in [3.8, 4) is 0 Å². The van der Waals surface area contributed by atoms with Gasteiger partial charge in [0.2, 0.25) is 0 Å². The third kappa shape index (κ3) is 11.8. The van der Waals surface area contributed by atoms with Gasteiger partial charge in [-0.2, -0.15) is 13.6 Å². The number of anilines is 2. The zero-order chi connectivity index (χ0) is 33.4. The summed E-state index contributed by atoms with van der Waals surface area (Å²) in [5, 5.41) is 23.0. The van der Waals surface area contributed by atoms with Gasteiger partial charge in [0, 0.05) is 11.9 Å². The van der Waals surface area contributed by atoms with Crippen LogP contribution >= 0.6 is 23.5 Å². The molecule has 23 heteroatoms. The average Bonchev–Trinajstić information content (AvgIpc) is 3.20. The highest BCUT2D eigenvalue weighted by atomic mass is 31.3. The summed E-state index contributed by atoms with van der Waals surface area (Å²) in [5.41, 5.74) is 11.9. The van der Waals surface area contributed by atoms with Crippen molar-refractivity contribution in [2.45, 2.75) is 24.5 Å². The minimum Gasteiger partial charge on any atom is -0.387 e. The van der Waals surface area contributed by atoms with Gasteiger partial charge < -0.3 is 51.3 Å². The van der Waals surface area contributed by atoms with Crippen molar-refractivity contribution in [3.63, 3.8) is 0 Å². The second-order valence-corrected chi connectivity index (χ2v) is 13.2. The summed E-state index contributed by atoms with van der Waals surface area (Å²) in [4.78, 5) is 54.7. The van der Waals surface area contributed by atoms with E-state index in [-0.39, 0.29) is 5.82 Å². The van der Waals surface area contributed by atoms with Gasteiger partial charge in [-0.3, -0.25) is 9.09 Å². The number of hydrogen-bond acceptors (Lipinski definition) is 13. The van der Waals surface area contributed by atoms with Gasteiger partial charge in [-0.25, -0.2) is 23.5 Å². The van der Waals surface area contributed by atoms with Gasteiger partial charge >= 0.3 is 29.2 Å². The third-order valence-electron chi connectivity index (χ3n) is 5.33. The molecule has 0 saturated carbocycles. The van der Waals surface area contributed by atoms with Crippen LogP contribution in [0.2, 0.25) is 0 Å². The molecule has 6 atom stereocenters. The van der Waals surface area contributed by atoms with Crippen LogP contribution in [0.3, 0.4) is 0 Å². The number of rotatable bonds is 10. The van der Waals surface area contributed by atoms with Crippen LogP contribution in [-0.4, -0.2) is 70.2 Å². The van der Waals surface area contributed by atoms with E-state index in [4.69, 9.17) is 30.9 Å². The molecule has 11 N–H and O–H groups in total. The topological polar surface area (TPSA) is 321 Å². The number of para-hydroxylation sites is 2. The van der Waals surface area contributed by atoms with E-state index in [9.17, 15) is 33.6 Å². The first-order chi connectivity index (χ1) is 20.9. The molecule has 1 aliphatic heterocycles. The number of ether oxygens (including phenoxy) is 1. The fourth-order valence-corrected chi connectivity index (χ4v) is 6.56. The number of aliphatic hydroxyl groups excluding tert-OH is 2. The predicted molar refractivity (Wildman–Crippen MR) is 156 cm³/mol. The largest absolute Gasteiger partial charge is 0.490 e. The quantitative estimate of drug-likeness (QED) is 0.0794. The molecule has 2 aromatic carbocycles. The Hall–Kier alpha value is -3.32. The molecule has 0 bridgehead atoms. The van der Waals surface area contributed by atoms with Crippen LogP contribution in [-0.2, 0) is 31.6 Å². The van der Waals surface area contributed by atoms with E-state index < -0.39 is 60.3 Å². The zero-order valence-electron chi connectivity index (χ0n) is 22.7. The Morgan fingerprint density at radius 3 is 2.11 bits per heavy atom. The number of benzene rings is 2. The van der Waals surface area contributed by atoms with E-state index in [1.54, 1.807) is 0 Å². The molecule has 1 saturated heterocycles. The van der Waals surface area contributed by atoms with Crippen LogP contribution < -0.4 is 22.5 Å². The molecule has 0 amide bonds. The van der Waals surface area contributed by atoms with E-state index >= 15 is 0 Å². The van der Waals surface area contributed by atoms with E-state index in [0.29, 0.717) is 5.96 Å². The molecule has 1 fully saturated rings. The molecule has 246 valence electrons. The molecule has 0 aliphatic carbocycles. The van der Waals surface area contributed by atoms with Crippen LogP contribution in [0.15, 0.2) is 82.7 Å². The standard InChI is InChI=1S/C13H13N3.C9H16N3O14P3/c14-13(15-11-7-3-1-4-8-11)16-12-9-5-2-6-10-12;10-5-1-2-12(9(15)11-5)8-7(14)6(13)4(24-8)3-23-28(19,20)26-29(21,22)25-27(16,17)18/h1-10H,(H3,14,15,16);1-2,4,6-8,13-14H,3H2,(H,19,20)(H,21,22)(H2,10,11,15)(H2,16,17,18)/t;4-,6-,7-,8-/m.1/s1. The maximum atomic E-state index is 11.8. The van der Waals surface area contributed by atoms with Gasteiger partial charge in [0.15, 0.2) is 12.2 Å². The molecule has 2 heterocycles. The molecule has 1 aromatic heterocycles. The Balaban J connectivity index is 0.000000289. The Morgan fingerprint density at radius 1 is 0.933 bits per heavy atom. The van der Waals surface area contributed by atoms with Gasteiger partial charge in [-0.15, -0.1) is 0 Å². The number of aromatic nitrogens is 2. The van der Waals surface area contributed by atoms with E-state index in [1.165, 1.54) is 6.07 Å². The van der Waals surface area contributed by atoms with Crippen molar-refractivity contribution in [1.82, 2.24) is 9.55 Å². The highest BCUT2D eigenvalue weighted by molar-refractivity contribution is 7.66. The Labute approximate surface area is 254 Å². The van der Waals surface area contributed by atoms with Gasteiger partial charge in [0.05, 0.1) is 12.3 Å². The number of hydrogen-bond donors (Lipinski definition) is 9. The number of aliphatic hydroxyl groups is 2. The summed E-state index contributed by atoms with van der Waals surface area (Å²) in [5.74, 6) is 0.265. The van der Waals surface area contributed by atoms with Crippen molar-refractivity contribution in [2.24, 2.45) is 10.7 Å². The van der Waals surface area contributed by atoms with Crippen LogP contribution in [0, 0.1) is 0 Å². The molecule has 1 aliphatic rings. The molecule has 3 aromatic rings. The van der Waals surface area contributed by atoms with Crippen molar-refractivity contribution >= 4 is 46.6 Å². The second kappa shape index (κ2) is 15.3. The normalized spacial score (nSPS) is 22.8. The monoisotopic (exact) mass is 694 g/mol. The molecule has 0 radical (unpaired) electrons. The fourth-order valence-electron chi connectivity index (χ4n) is 3.53. The smallest absolute Gasteiger partial charge is 0.387 e. The first-order valence-electron chi connectivity index (χ1n) is 12.3. The molecular weight excluding hydrogens is 665 g/mol. The van der Waals surface area contributed by atoms with Crippen LogP contribution in [0.25, 0.3) is 0 Å². The summed E-state index contributed by atoms with van der Waals surface area (Å²) in [6.07, 6.45) is -5.38. The molecule has 0 spiro atoms. The van der Waals surface area contributed by atoms with E-state index in [2.05, 4.69) is 28.4 Å². The van der Waals surface area contributed by atoms with E-state index in [1.807, 2.05) is 60.7 Å². The summed E-state index contributed by atoms with van der Waals surface area (Å²) in [6.45, 7) is -1.02. The summed E-state index contributed by atoms with van der Waals surface area (Å²) < 4.78 is 50.8. The number of phosphoric acid groups is 3. The number of guanidine groups is 1. The van der Waals surface area contributed by atoms with Gasteiger partial charge in [0.1, 0.15) is 24.1 Å². The number of nitrogens with two attached hydrogens (primary N) is 2. The lowest BCUT2D eigenvalue weighted by Crippen LogP contribution is -2.36. The number of nitrogens with one attached hydrogen (secondary N) is 1. The Morgan fingerprint density at radius 2 is 1.53 bits per heavy atom. The molecule has 20 nitrogen and oxygen atoms in total. The highest BCUT2D eigenvalue weighted by Crippen LogP contribution is 2.66. The van der Waals surface area contributed by atoms with Crippen LogP contribution in [0.5, 0.6) is 0 Å². The summed E-state index contributed by atoms with van der Waals surface area (Å²) in [7, 11) is -16.7. The third-order valence-corrected chi connectivity index (χ3v) is 9.14. The molecule has 4 rings (SSSR count). The van der Waals surface area contributed by atoms with Gasteiger partial charge in [-0.1, -0.05) is 36.4 Å². The maximum Gasteiger partial charge on any atom is 0.490 e. The summed E-state index contributed by atoms with van der Waals surface area (Å²) in [6, 6.07) is 20.5. The minimum atomic E-state index is -5.71. The Bertz CT molecular complexity index is 1660.